The van der Waals surface area contributed by atoms with Gasteiger partial charge in [0.1, 0.15) is 0 Å². The molecule has 0 spiro atoms. The van der Waals surface area contributed by atoms with Crippen molar-refractivity contribution >= 4 is 17.7 Å². The van der Waals surface area contributed by atoms with Crippen molar-refractivity contribution in [3.05, 3.63) is 35.5 Å². The second-order valence-electron chi connectivity index (χ2n) is 6.67. The number of allylic oxidation sites excluding steroid dienone is 3. The molecule has 0 aromatic heterocycles. The smallest absolute Gasteiger partial charge is 0.249 e. The van der Waals surface area contributed by atoms with E-state index in [0.717, 1.165) is 0 Å². The van der Waals surface area contributed by atoms with Crippen LogP contribution in [0.2, 0.25) is 0 Å². The molecular weight excluding hydrogens is 446 g/mol. The summed E-state index contributed by atoms with van der Waals surface area (Å²) in [5, 5.41) is 26.7. The van der Waals surface area contributed by atoms with Crippen LogP contribution < -0.4 is 0 Å². The minimum atomic E-state index is -0.181. The molecular formula is C21H39FeN3O6. The Hall–Kier alpha value is -2.45. The summed E-state index contributed by atoms with van der Waals surface area (Å²) in [7, 11) is 9.84. The second kappa shape index (κ2) is 20.8. The summed E-state index contributed by atoms with van der Waals surface area (Å²) >= 11 is 0. The maximum atomic E-state index is 10.8. The molecule has 0 saturated carbocycles. The first-order valence-electron chi connectivity index (χ1n) is 9.55. The molecule has 0 aliphatic heterocycles. The van der Waals surface area contributed by atoms with Gasteiger partial charge >= 0.3 is 0 Å². The third kappa shape index (κ3) is 23.7. The molecule has 10 heteroatoms. The molecule has 3 amide bonds. The predicted octanol–water partition coefficient (Wildman–Crippen LogP) is 2.78. The Morgan fingerprint density at radius 1 is 0.548 bits per heavy atom. The molecule has 0 aliphatic rings. The largest absolute Gasteiger partial charge is 0.512 e. The fraction of sp³-hybridized carbons (Fsp3) is 0.571. The van der Waals surface area contributed by atoms with Gasteiger partial charge in [-0.05, 0) is 0 Å². The summed E-state index contributed by atoms with van der Waals surface area (Å²) in [6.45, 7) is 5.36. The molecule has 0 unspecified atom stereocenters. The summed E-state index contributed by atoms with van der Waals surface area (Å²) in [6.07, 6.45) is 5.17. The van der Waals surface area contributed by atoms with Crippen LogP contribution in [0, 0.1) is 0 Å². The van der Waals surface area contributed by atoms with Crippen molar-refractivity contribution in [2.75, 3.05) is 42.3 Å². The van der Waals surface area contributed by atoms with Crippen LogP contribution in [0.3, 0.4) is 0 Å². The molecule has 0 saturated heterocycles. The number of carbonyl (C=O) groups excluding carboxylic acids is 3. The van der Waals surface area contributed by atoms with Gasteiger partial charge < -0.3 is 30.0 Å². The maximum absolute atomic E-state index is 10.8. The minimum absolute atomic E-state index is 0. The zero-order valence-corrected chi connectivity index (χ0v) is 21.2. The van der Waals surface area contributed by atoms with Gasteiger partial charge in [-0.1, -0.05) is 20.8 Å². The number of likely N-dealkylation sites (N-methyl/N-ethyl adjacent to an activating group) is 3. The van der Waals surface area contributed by atoms with Gasteiger partial charge in [-0.3, -0.25) is 14.4 Å². The first-order valence-corrected chi connectivity index (χ1v) is 9.55. The van der Waals surface area contributed by atoms with Gasteiger partial charge in [-0.2, -0.15) is 0 Å². The monoisotopic (exact) mass is 485 g/mol. The van der Waals surface area contributed by atoms with E-state index in [-0.39, 0.29) is 52.1 Å². The number of hydrogen-bond acceptors (Lipinski definition) is 6. The molecule has 3 N–H and O–H groups in total. The van der Waals surface area contributed by atoms with E-state index in [1.54, 1.807) is 63.1 Å². The number of rotatable bonds is 6. The maximum Gasteiger partial charge on any atom is 0.249 e. The summed E-state index contributed by atoms with van der Waals surface area (Å²) in [5.41, 5.74) is 0. The summed E-state index contributed by atoms with van der Waals surface area (Å²) in [4.78, 5) is 36.6. The molecule has 0 rings (SSSR count). The van der Waals surface area contributed by atoms with Gasteiger partial charge in [0, 0.05) is 96.8 Å². The van der Waals surface area contributed by atoms with E-state index in [9.17, 15) is 14.4 Å². The molecule has 0 aromatic carbocycles. The van der Waals surface area contributed by atoms with Gasteiger partial charge in [-0.25, -0.2) is 0 Å². The normalized spacial score (nSPS) is 10.9. The molecule has 0 bridgehead atoms. The Balaban J connectivity index is -0.000000174. The van der Waals surface area contributed by atoms with Gasteiger partial charge in [-0.15, -0.1) is 0 Å². The Bertz CT molecular complexity index is 541. The van der Waals surface area contributed by atoms with E-state index in [1.165, 1.54) is 32.9 Å². The van der Waals surface area contributed by atoms with E-state index < -0.39 is 0 Å². The van der Waals surface area contributed by atoms with Crippen molar-refractivity contribution in [1.82, 2.24) is 14.7 Å². The van der Waals surface area contributed by atoms with Crippen molar-refractivity contribution in [3.8, 4) is 0 Å². The van der Waals surface area contributed by atoms with E-state index in [1.807, 2.05) is 0 Å². The summed E-state index contributed by atoms with van der Waals surface area (Å²) < 4.78 is 0. The number of nitrogens with zero attached hydrogens (tertiary/aromatic N) is 3. The minimum Gasteiger partial charge on any atom is -0.512 e. The first kappa shape index (κ1) is 36.0. The second-order valence-corrected chi connectivity index (χ2v) is 6.67. The van der Waals surface area contributed by atoms with E-state index in [0.29, 0.717) is 19.3 Å². The molecule has 0 heterocycles. The predicted molar refractivity (Wildman–Crippen MR) is 119 cm³/mol. The quantitative estimate of drug-likeness (QED) is 0.302. The van der Waals surface area contributed by atoms with Crippen LogP contribution in [-0.2, 0) is 31.5 Å². The van der Waals surface area contributed by atoms with E-state index in [4.69, 9.17) is 15.3 Å². The van der Waals surface area contributed by atoms with E-state index in [2.05, 4.69) is 0 Å². The van der Waals surface area contributed by atoms with Gasteiger partial charge in [0.15, 0.2) is 0 Å². The van der Waals surface area contributed by atoms with Crippen LogP contribution in [-0.4, -0.2) is 90.0 Å². The number of aliphatic hydroxyl groups is 3. The number of carbonyl (C=O) groups is 3. The molecule has 31 heavy (non-hydrogen) atoms. The Morgan fingerprint density at radius 2 is 0.710 bits per heavy atom. The third-order valence-corrected chi connectivity index (χ3v) is 3.28. The summed E-state index contributed by atoms with van der Waals surface area (Å²) in [6, 6.07) is 0. The molecule has 0 aromatic rings. The van der Waals surface area contributed by atoms with Crippen molar-refractivity contribution in [3.63, 3.8) is 0 Å². The SMILES string of the molecule is CCC(O)=CC(=O)N(C)C.CCC(O)=CC(=O)N(C)C.CCC(O)=CC(=O)N(C)C.[Fe]. The molecule has 182 valence electrons. The Labute approximate surface area is 197 Å². The number of hydrogen-bond donors (Lipinski definition) is 3. The van der Waals surface area contributed by atoms with Crippen LogP contribution in [0.1, 0.15) is 40.0 Å². The van der Waals surface area contributed by atoms with Gasteiger partial charge in [0.2, 0.25) is 17.7 Å². The van der Waals surface area contributed by atoms with Gasteiger partial charge in [0.05, 0.1) is 17.3 Å². The van der Waals surface area contributed by atoms with Crippen LogP contribution >= 0.6 is 0 Å². The Morgan fingerprint density at radius 3 is 0.806 bits per heavy atom. The average molecular weight is 485 g/mol. The fourth-order valence-electron chi connectivity index (χ4n) is 1.12. The van der Waals surface area contributed by atoms with Crippen molar-refractivity contribution < 1.29 is 46.8 Å². The summed E-state index contributed by atoms with van der Waals surface area (Å²) in [5.74, 6) is -0.172. The van der Waals surface area contributed by atoms with E-state index >= 15 is 0 Å². The van der Waals surface area contributed by atoms with Crippen LogP contribution in [0.25, 0.3) is 0 Å². The van der Waals surface area contributed by atoms with Crippen molar-refractivity contribution in [1.29, 1.82) is 0 Å². The molecule has 0 radical (unpaired) electrons. The third-order valence-electron chi connectivity index (χ3n) is 3.28. The molecule has 0 aliphatic carbocycles. The standard InChI is InChI=1S/3C7H13NO2.Fe/c3*1-4-6(9)5-7(10)8(2)3;/h3*5,9H,4H2,1-3H3;. The van der Waals surface area contributed by atoms with Gasteiger partial charge in [0.25, 0.3) is 0 Å². The van der Waals surface area contributed by atoms with Crippen LogP contribution in [0.4, 0.5) is 0 Å². The topological polar surface area (TPSA) is 122 Å². The van der Waals surface area contributed by atoms with Crippen LogP contribution in [0.5, 0.6) is 0 Å². The zero-order valence-electron chi connectivity index (χ0n) is 20.1. The first-order chi connectivity index (χ1) is 13.7. The number of amides is 3. The van der Waals surface area contributed by atoms with Crippen LogP contribution in [0.15, 0.2) is 35.5 Å². The average Bonchev–Trinajstić information content (AvgIpc) is 2.67. The fourth-order valence-corrected chi connectivity index (χ4v) is 1.12. The molecule has 9 nitrogen and oxygen atoms in total. The molecule has 0 atom stereocenters. The van der Waals surface area contributed by atoms with Crippen molar-refractivity contribution in [2.24, 2.45) is 0 Å². The van der Waals surface area contributed by atoms with Crippen molar-refractivity contribution in [2.45, 2.75) is 40.0 Å². The zero-order chi connectivity index (χ0) is 24.4. The Kier molecular flexibility index (Phi) is 24.1. The molecule has 0 fully saturated rings. The number of aliphatic hydroxyl groups excluding tert-OH is 3.